The average molecular weight is 283 g/mol. The molecule has 0 aliphatic rings. The lowest BCUT2D eigenvalue weighted by atomic mass is 9.98. The Morgan fingerprint density at radius 3 is 2.60 bits per heavy atom. The van der Waals surface area contributed by atoms with E-state index in [0.29, 0.717) is 6.29 Å². The molecule has 1 amide bonds. The van der Waals surface area contributed by atoms with Crippen LogP contribution in [0, 0.1) is 0 Å². The number of benzene rings is 1. The summed E-state index contributed by atoms with van der Waals surface area (Å²) < 4.78 is 5.14. The molecular weight excluding hydrogens is 266 g/mol. The maximum Gasteiger partial charge on any atom is 0.220 e. The third kappa shape index (κ3) is 3.69. The minimum Gasteiger partial charge on any atom is -0.504 e. The summed E-state index contributed by atoms with van der Waals surface area (Å²) >= 11 is 0. The van der Waals surface area contributed by atoms with E-state index in [1.54, 1.807) is 6.92 Å². The molecule has 0 radical (unpaired) electrons. The minimum atomic E-state index is -1.57. The third-order valence-electron chi connectivity index (χ3n) is 2.66. The minimum absolute atomic E-state index is 0.0115. The van der Waals surface area contributed by atoms with Crippen molar-refractivity contribution in [3.8, 4) is 11.5 Å². The molecule has 0 saturated carbocycles. The number of hydrogen-bond donors (Lipinski definition) is 4. The number of aliphatic hydroxyl groups excluding tert-OH is 2. The summed E-state index contributed by atoms with van der Waals surface area (Å²) in [6.45, 7) is 1.93. The third-order valence-corrected chi connectivity index (χ3v) is 2.66. The Morgan fingerprint density at radius 2 is 2.10 bits per heavy atom. The Bertz CT molecular complexity index is 502. The molecule has 1 rings (SSSR count). The van der Waals surface area contributed by atoms with E-state index >= 15 is 0 Å². The number of carbonyl (C=O) groups excluding carboxylic acids is 2. The van der Waals surface area contributed by atoms with Gasteiger partial charge in [-0.1, -0.05) is 0 Å². The molecule has 0 aromatic heterocycles. The van der Waals surface area contributed by atoms with Crippen molar-refractivity contribution >= 4 is 12.2 Å². The van der Waals surface area contributed by atoms with Crippen molar-refractivity contribution in [1.82, 2.24) is 0 Å². The number of hydrogen-bond acceptors (Lipinski definition) is 6. The van der Waals surface area contributed by atoms with Crippen molar-refractivity contribution in [2.45, 2.75) is 25.6 Å². The lowest BCUT2D eigenvalue weighted by Gasteiger charge is -2.19. The predicted octanol–water partition coefficient (Wildman–Crippen LogP) is -0.127. The molecule has 0 heterocycles. The molecule has 5 N–H and O–H groups in total. The number of aromatic hydroxyl groups is 1. The number of phenols is 1. The standard InChI is InChI=1S/C13H17NO6/c1-2-20-10-4-7(6-15)3-8(13(10)19)12(18)9(16)5-11(14)17/h3-4,6,9,12,16,18-19H,2,5H2,1H3,(H2,14,17). The van der Waals surface area contributed by atoms with E-state index < -0.39 is 30.3 Å². The van der Waals surface area contributed by atoms with E-state index in [1.165, 1.54) is 12.1 Å². The first kappa shape index (κ1) is 15.9. The first-order chi connectivity index (χ1) is 9.40. The van der Waals surface area contributed by atoms with Crippen LogP contribution in [0.1, 0.15) is 35.4 Å². The Labute approximate surface area is 115 Å². The Hall–Kier alpha value is -2.12. The van der Waals surface area contributed by atoms with Crippen molar-refractivity contribution in [3.63, 3.8) is 0 Å². The van der Waals surface area contributed by atoms with E-state index in [1.807, 2.05) is 0 Å². The fraction of sp³-hybridized carbons (Fsp3) is 0.385. The van der Waals surface area contributed by atoms with Gasteiger partial charge in [-0.05, 0) is 19.1 Å². The van der Waals surface area contributed by atoms with Crippen LogP contribution in [0.3, 0.4) is 0 Å². The van der Waals surface area contributed by atoms with Crippen molar-refractivity contribution < 1.29 is 29.6 Å². The van der Waals surface area contributed by atoms with Crippen LogP contribution in [-0.2, 0) is 4.79 Å². The van der Waals surface area contributed by atoms with Crippen LogP contribution in [0.15, 0.2) is 12.1 Å². The molecule has 110 valence electrons. The molecule has 7 heteroatoms. The molecule has 0 aliphatic heterocycles. The van der Waals surface area contributed by atoms with Gasteiger partial charge >= 0.3 is 0 Å². The number of rotatable bonds is 7. The molecular formula is C13H17NO6. The van der Waals surface area contributed by atoms with E-state index in [4.69, 9.17) is 10.5 Å². The fourth-order valence-electron chi connectivity index (χ4n) is 1.74. The van der Waals surface area contributed by atoms with Crippen molar-refractivity contribution in [2.24, 2.45) is 5.73 Å². The summed E-state index contributed by atoms with van der Waals surface area (Å²) in [6, 6.07) is 2.52. The summed E-state index contributed by atoms with van der Waals surface area (Å²) in [5.41, 5.74) is 4.98. The highest BCUT2D eigenvalue weighted by atomic mass is 16.5. The van der Waals surface area contributed by atoms with Gasteiger partial charge in [-0.25, -0.2) is 0 Å². The van der Waals surface area contributed by atoms with Crippen LogP contribution in [0.5, 0.6) is 11.5 Å². The van der Waals surface area contributed by atoms with Crippen molar-refractivity contribution in [2.75, 3.05) is 6.61 Å². The first-order valence-corrected chi connectivity index (χ1v) is 6.00. The van der Waals surface area contributed by atoms with E-state index in [9.17, 15) is 24.9 Å². The second-order valence-corrected chi connectivity index (χ2v) is 4.19. The van der Waals surface area contributed by atoms with Crippen LogP contribution >= 0.6 is 0 Å². The van der Waals surface area contributed by atoms with Gasteiger partial charge in [0.1, 0.15) is 12.4 Å². The van der Waals surface area contributed by atoms with Crippen LogP contribution in [0.4, 0.5) is 0 Å². The summed E-state index contributed by atoms with van der Waals surface area (Å²) in [4.78, 5) is 21.6. The molecule has 1 aromatic carbocycles. The summed E-state index contributed by atoms with van der Waals surface area (Å²) in [7, 11) is 0. The molecule has 0 fully saturated rings. The first-order valence-electron chi connectivity index (χ1n) is 6.00. The van der Waals surface area contributed by atoms with Gasteiger partial charge in [-0.3, -0.25) is 9.59 Å². The lowest BCUT2D eigenvalue weighted by molar-refractivity contribution is -0.121. The molecule has 0 bridgehead atoms. The number of carbonyl (C=O) groups is 2. The number of phenolic OH excluding ortho intramolecular Hbond substituents is 1. The molecule has 0 saturated heterocycles. The second-order valence-electron chi connectivity index (χ2n) is 4.19. The van der Waals surface area contributed by atoms with Crippen LogP contribution in [0.2, 0.25) is 0 Å². The quantitative estimate of drug-likeness (QED) is 0.516. The zero-order chi connectivity index (χ0) is 15.3. The maximum absolute atomic E-state index is 10.8. The topological polar surface area (TPSA) is 130 Å². The Balaban J connectivity index is 3.17. The monoisotopic (exact) mass is 283 g/mol. The highest BCUT2D eigenvalue weighted by Crippen LogP contribution is 2.36. The fourth-order valence-corrected chi connectivity index (χ4v) is 1.74. The molecule has 2 atom stereocenters. The Morgan fingerprint density at radius 1 is 1.45 bits per heavy atom. The van der Waals surface area contributed by atoms with Gasteiger partial charge in [0.25, 0.3) is 0 Å². The number of aliphatic hydroxyl groups is 2. The van der Waals surface area contributed by atoms with E-state index in [0.717, 1.165) is 0 Å². The SMILES string of the molecule is CCOc1cc(C=O)cc(C(O)C(O)CC(N)=O)c1O. The van der Waals surface area contributed by atoms with Crippen LogP contribution in [-0.4, -0.2) is 40.2 Å². The summed E-state index contributed by atoms with van der Waals surface area (Å²) in [5.74, 6) is -1.18. The molecule has 7 nitrogen and oxygen atoms in total. The molecule has 0 spiro atoms. The highest BCUT2D eigenvalue weighted by molar-refractivity contribution is 5.77. The number of primary amides is 1. The van der Waals surface area contributed by atoms with Gasteiger partial charge in [0.05, 0.1) is 19.1 Å². The van der Waals surface area contributed by atoms with E-state index in [2.05, 4.69) is 0 Å². The average Bonchev–Trinajstić information content (AvgIpc) is 2.39. The van der Waals surface area contributed by atoms with Crippen molar-refractivity contribution in [1.29, 1.82) is 0 Å². The second kappa shape index (κ2) is 6.88. The maximum atomic E-state index is 10.8. The van der Waals surface area contributed by atoms with Gasteiger partial charge in [0.15, 0.2) is 11.5 Å². The van der Waals surface area contributed by atoms with Crippen molar-refractivity contribution in [3.05, 3.63) is 23.3 Å². The molecule has 2 unspecified atom stereocenters. The number of amides is 1. The van der Waals surface area contributed by atoms with Gasteiger partial charge < -0.3 is 25.8 Å². The number of ether oxygens (including phenoxy) is 1. The highest BCUT2D eigenvalue weighted by Gasteiger charge is 2.25. The molecule has 20 heavy (non-hydrogen) atoms. The van der Waals surface area contributed by atoms with Crippen LogP contribution < -0.4 is 10.5 Å². The van der Waals surface area contributed by atoms with Gasteiger partial charge in [0, 0.05) is 11.1 Å². The normalized spacial score (nSPS) is 13.6. The predicted molar refractivity (Wildman–Crippen MR) is 69.4 cm³/mol. The van der Waals surface area contributed by atoms with Gasteiger partial charge in [-0.15, -0.1) is 0 Å². The van der Waals surface area contributed by atoms with E-state index in [-0.39, 0.29) is 23.5 Å². The summed E-state index contributed by atoms with van der Waals surface area (Å²) in [5, 5.41) is 29.6. The number of nitrogens with two attached hydrogens (primary N) is 1. The smallest absolute Gasteiger partial charge is 0.220 e. The Kier molecular flexibility index (Phi) is 5.48. The van der Waals surface area contributed by atoms with Gasteiger partial charge in [0.2, 0.25) is 5.91 Å². The largest absolute Gasteiger partial charge is 0.504 e. The summed E-state index contributed by atoms with van der Waals surface area (Å²) in [6.07, 6.45) is -3.02. The number of aldehydes is 1. The zero-order valence-electron chi connectivity index (χ0n) is 10.9. The molecule has 1 aromatic rings. The zero-order valence-corrected chi connectivity index (χ0v) is 10.9. The lowest BCUT2D eigenvalue weighted by Crippen LogP contribution is -2.25. The van der Waals surface area contributed by atoms with Crippen LogP contribution in [0.25, 0.3) is 0 Å². The molecule has 0 aliphatic carbocycles. The van der Waals surface area contributed by atoms with Gasteiger partial charge in [-0.2, -0.15) is 0 Å².